The zero-order valence-electron chi connectivity index (χ0n) is 13.7. The minimum absolute atomic E-state index is 0.0314. The van der Waals surface area contributed by atoms with Gasteiger partial charge in [-0.1, -0.05) is 6.07 Å². The van der Waals surface area contributed by atoms with Crippen molar-refractivity contribution in [3.63, 3.8) is 0 Å². The van der Waals surface area contributed by atoms with Crippen LogP contribution in [0.2, 0.25) is 0 Å². The molecule has 2 atom stereocenters. The van der Waals surface area contributed by atoms with Gasteiger partial charge in [-0.25, -0.2) is 4.98 Å². The van der Waals surface area contributed by atoms with E-state index in [4.69, 9.17) is 10.00 Å². The van der Waals surface area contributed by atoms with Crippen molar-refractivity contribution in [1.29, 1.82) is 5.26 Å². The first-order valence-corrected chi connectivity index (χ1v) is 8.36. The van der Waals surface area contributed by atoms with Crippen molar-refractivity contribution < 1.29 is 9.53 Å². The highest BCUT2D eigenvalue weighted by atomic mass is 16.5. The van der Waals surface area contributed by atoms with E-state index in [0.717, 1.165) is 18.5 Å². The zero-order valence-corrected chi connectivity index (χ0v) is 13.7. The molecular formula is C18H19N5O2. The molecule has 0 bridgehead atoms. The van der Waals surface area contributed by atoms with Gasteiger partial charge in [-0.3, -0.25) is 4.79 Å². The number of ether oxygens (including phenoxy) is 1. The van der Waals surface area contributed by atoms with Crippen LogP contribution in [-0.4, -0.2) is 52.1 Å². The molecule has 1 amide bonds. The fraction of sp³-hybridized carbons (Fsp3) is 0.389. The van der Waals surface area contributed by atoms with Gasteiger partial charge in [-0.2, -0.15) is 5.26 Å². The van der Waals surface area contributed by atoms with E-state index in [0.29, 0.717) is 31.0 Å². The monoisotopic (exact) mass is 337 g/mol. The lowest BCUT2D eigenvalue weighted by Crippen LogP contribution is -2.36. The summed E-state index contributed by atoms with van der Waals surface area (Å²) >= 11 is 0. The van der Waals surface area contributed by atoms with Gasteiger partial charge in [-0.15, -0.1) is 0 Å². The molecule has 2 aromatic rings. The number of aromatic nitrogens is 2. The molecule has 1 aromatic carbocycles. The molecule has 4 rings (SSSR count). The van der Waals surface area contributed by atoms with E-state index in [9.17, 15) is 4.79 Å². The maximum absolute atomic E-state index is 12.4. The highest BCUT2D eigenvalue weighted by Gasteiger charge is 2.47. The Bertz CT molecular complexity index is 813. The van der Waals surface area contributed by atoms with Crippen LogP contribution >= 0.6 is 0 Å². The van der Waals surface area contributed by atoms with Gasteiger partial charge in [0.1, 0.15) is 5.69 Å². The van der Waals surface area contributed by atoms with Crippen molar-refractivity contribution in [2.75, 3.05) is 25.0 Å². The smallest absolute Gasteiger partial charge is 0.272 e. The number of H-pyrrole nitrogens is 1. The van der Waals surface area contributed by atoms with E-state index in [1.807, 2.05) is 23.1 Å². The number of anilines is 1. The van der Waals surface area contributed by atoms with Crippen molar-refractivity contribution in [1.82, 2.24) is 14.9 Å². The number of carbonyl (C=O) groups excluding carboxylic acids is 1. The Morgan fingerprint density at radius 3 is 3.24 bits per heavy atom. The maximum Gasteiger partial charge on any atom is 0.272 e. The summed E-state index contributed by atoms with van der Waals surface area (Å²) in [4.78, 5) is 21.0. The third-order valence-corrected chi connectivity index (χ3v) is 4.90. The quantitative estimate of drug-likeness (QED) is 0.890. The molecule has 25 heavy (non-hydrogen) atoms. The van der Waals surface area contributed by atoms with Gasteiger partial charge in [0.2, 0.25) is 0 Å². The van der Waals surface area contributed by atoms with Crippen LogP contribution in [0.4, 0.5) is 5.69 Å². The van der Waals surface area contributed by atoms with Crippen LogP contribution in [0.15, 0.2) is 36.8 Å². The first-order chi connectivity index (χ1) is 12.2. The molecule has 2 fully saturated rings. The van der Waals surface area contributed by atoms with E-state index in [1.54, 1.807) is 12.3 Å². The van der Waals surface area contributed by atoms with Crippen LogP contribution in [0.1, 0.15) is 28.9 Å². The number of nitriles is 1. The Balaban J connectivity index is 1.39. The van der Waals surface area contributed by atoms with E-state index < -0.39 is 0 Å². The number of nitrogens with one attached hydrogen (secondary N) is 2. The van der Waals surface area contributed by atoms with E-state index in [-0.39, 0.29) is 17.6 Å². The SMILES string of the molecule is N#Cc1cccc(N[C@@H]2CO[C@@]3(CCN(C(=O)c4cnc[nH]4)C3)C2)c1. The van der Waals surface area contributed by atoms with Crippen LogP contribution in [0.5, 0.6) is 0 Å². The minimum Gasteiger partial charge on any atom is -0.380 e. The molecule has 0 radical (unpaired) electrons. The van der Waals surface area contributed by atoms with Crippen molar-refractivity contribution in [2.45, 2.75) is 24.5 Å². The van der Waals surface area contributed by atoms with Crippen LogP contribution in [0, 0.1) is 11.3 Å². The number of benzene rings is 1. The van der Waals surface area contributed by atoms with E-state index in [1.165, 1.54) is 6.33 Å². The van der Waals surface area contributed by atoms with Crippen LogP contribution in [0.25, 0.3) is 0 Å². The third kappa shape index (κ3) is 3.08. The fourth-order valence-corrected chi connectivity index (χ4v) is 3.70. The number of hydrogen-bond donors (Lipinski definition) is 2. The second-order valence-corrected chi connectivity index (χ2v) is 6.67. The van der Waals surface area contributed by atoms with Gasteiger partial charge in [0.05, 0.1) is 49.0 Å². The fourth-order valence-electron chi connectivity index (χ4n) is 3.70. The summed E-state index contributed by atoms with van der Waals surface area (Å²) in [7, 11) is 0. The van der Waals surface area contributed by atoms with Crippen molar-refractivity contribution in [2.24, 2.45) is 0 Å². The Hall–Kier alpha value is -2.85. The first kappa shape index (κ1) is 15.7. The lowest BCUT2D eigenvalue weighted by molar-refractivity contribution is 0.0124. The molecule has 1 aromatic heterocycles. The molecular weight excluding hydrogens is 318 g/mol. The highest BCUT2D eigenvalue weighted by Crippen LogP contribution is 2.36. The van der Waals surface area contributed by atoms with Crippen LogP contribution < -0.4 is 5.32 Å². The second-order valence-electron chi connectivity index (χ2n) is 6.67. The van der Waals surface area contributed by atoms with Crippen molar-refractivity contribution in [3.8, 4) is 6.07 Å². The molecule has 2 saturated heterocycles. The molecule has 2 aliphatic rings. The minimum atomic E-state index is -0.278. The standard InChI is InChI=1S/C18H19N5O2/c19-8-13-2-1-3-14(6-13)22-15-7-18(25-10-15)4-5-23(11-18)17(24)16-9-20-12-21-16/h1-3,6,9,12,15,22H,4-5,7,10-11H2,(H,20,21)/t15-,18-/m0/s1. The largest absolute Gasteiger partial charge is 0.380 e. The number of amides is 1. The number of imidazole rings is 1. The number of likely N-dealkylation sites (tertiary alicyclic amines) is 1. The Morgan fingerprint density at radius 2 is 2.44 bits per heavy atom. The average molecular weight is 337 g/mol. The molecule has 2 N–H and O–H groups in total. The molecule has 0 aliphatic carbocycles. The maximum atomic E-state index is 12.4. The molecule has 1 spiro atoms. The van der Waals surface area contributed by atoms with E-state index >= 15 is 0 Å². The summed E-state index contributed by atoms with van der Waals surface area (Å²) < 4.78 is 6.09. The Morgan fingerprint density at radius 1 is 1.52 bits per heavy atom. The van der Waals surface area contributed by atoms with Crippen LogP contribution in [0.3, 0.4) is 0 Å². The van der Waals surface area contributed by atoms with Gasteiger partial charge in [0.25, 0.3) is 5.91 Å². The Labute approximate surface area is 145 Å². The number of hydrogen-bond acceptors (Lipinski definition) is 5. The van der Waals surface area contributed by atoms with E-state index in [2.05, 4.69) is 21.4 Å². The summed E-state index contributed by atoms with van der Waals surface area (Å²) in [5, 5.41) is 12.4. The molecule has 128 valence electrons. The molecule has 0 unspecified atom stereocenters. The highest BCUT2D eigenvalue weighted by molar-refractivity contribution is 5.92. The van der Waals surface area contributed by atoms with Crippen molar-refractivity contribution >= 4 is 11.6 Å². The number of rotatable bonds is 3. The van der Waals surface area contributed by atoms with Gasteiger partial charge in [0, 0.05) is 18.7 Å². The topological polar surface area (TPSA) is 94.0 Å². The van der Waals surface area contributed by atoms with Gasteiger partial charge >= 0.3 is 0 Å². The summed E-state index contributed by atoms with van der Waals surface area (Å²) in [5.41, 5.74) is 1.79. The summed E-state index contributed by atoms with van der Waals surface area (Å²) in [6.45, 7) is 1.89. The molecule has 3 heterocycles. The molecule has 7 heteroatoms. The van der Waals surface area contributed by atoms with Gasteiger partial charge in [0.15, 0.2) is 0 Å². The Kier molecular flexibility index (Phi) is 3.90. The second kappa shape index (κ2) is 6.22. The number of nitrogens with zero attached hydrogens (tertiary/aromatic N) is 3. The zero-order chi connectivity index (χ0) is 17.3. The molecule has 2 aliphatic heterocycles. The lowest BCUT2D eigenvalue weighted by atomic mass is 9.97. The summed E-state index contributed by atoms with van der Waals surface area (Å²) in [6, 6.07) is 9.77. The van der Waals surface area contributed by atoms with Gasteiger partial charge < -0.3 is 19.9 Å². The summed E-state index contributed by atoms with van der Waals surface area (Å²) in [6.07, 6.45) is 4.75. The molecule has 0 saturated carbocycles. The molecule has 7 nitrogen and oxygen atoms in total. The lowest BCUT2D eigenvalue weighted by Gasteiger charge is -2.23. The normalized spacial score (nSPS) is 25.2. The predicted molar refractivity (Wildman–Crippen MR) is 91.0 cm³/mol. The van der Waals surface area contributed by atoms with Gasteiger partial charge in [-0.05, 0) is 24.6 Å². The van der Waals surface area contributed by atoms with Crippen LogP contribution in [-0.2, 0) is 4.74 Å². The average Bonchev–Trinajstić information content (AvgIpc) is 3.37. The predicted octanol–water partition coefficient (Wildman–Crippen LogP) is 1.77. The summed E-state index contributed by atoms with van der Waals surface area (Å²) in [5.74, 6) is -0.0314. The van der Waals surface area contributed by atoms with Crippen molar-refractivity contribution in [3.05, 3.63) is 48.0 Å². The number of carbonyl (C=O) groups is 1. The first-order valence-electron chi connectivity index (χ1n) is 8.36. The number of aromatic amines is 1. The third-order valence-electron chi connectivity index (χ3n) is 4.90.